The second-order valence-electron chi connectivity index (χ2n) is 6.62. The first kappa shape index (κ1) is 17.5. The lowest BCUT2D eigenvalue weighted by Crippen LogP contribution is -2.43. The number of likely N-dealkylation sites (tertiary alicyclic amines) is 1. The molecule has 2 atom stereocenters. The van der Waals surface area contributed by atoms with Gasteiger partial charge in [-0.3, -0.25) is 9.69 Å². The summed E-state index contributed by atoms with van der Waals surface area (Å²) >= 11 is 0. The summed E-state index contributed by atoms with van der Waals surface area (Å²) in [6, 6.07) is 18.1. The number of carbonyl (C=O) groups excluding carboxylic acids is 1. The quantitative estimate of drug-likeness (QED) is 0.876. The minimum absolute atomic E-state index is 0.0161. The van der Waals surface area contributed by atoms with E-state index in [9.17, 15) is 4.79 Å². The number of nitrogens with zero attached hydrogens (tertiary/aromatic N) is 1. The number of amides is 1. The maximum absolute atomic E-state index is 12.8. The van der Waals surface area contributed by atoms with Crippen LogP contribution in [0.2, 0.25) is 0 Å². The fraction of sp³-hybridized carbons (Fsp3) is 0.381. The average Bonchev–Trinajstić information content (AvgIpc) is 3.11. The van der Waals surface area contributed by atoms with Crippen molar-refractivity contribution in [3.63, 3.8) is 0 Å². The van der Waals surface area contributed by atoms with Crippen LogP contribution in [0.1, 0.15) is 36.9 Å². The number of hydrogen-bond donors (Lipinski definition) is 1. The standard InChI is InChI=1S/C21H26N2O2/c1-16(18-10-12-19(25-2)13-11-18)22-21(24)20-9-6-14-23(20)15-17-7-4-3-5-8-17/h3-5,7-8,10-13,16,20H,6,9,14-15H2,1-2H3,(H,22,24)/t16-,20+/m0/s1. The number of methoxy groups -OCH3 is 1. The van der Waals surface area contributed by atoms with Crippen LogP contribution in [0.4, 0.5) is 0 Å². The molecule has 0 radical (unpaired) electrons. The molecule has 0 saturated carbocycles. The Morgan fingerprint density at radius 3 is 2.60 bits per heavy atom. The molecule has 2 aromatic rings. The van der Waals surface area contributed by atoms with Crippen LogP contribution in [-0.2, 0) is 11.3 Å². The van der Waals surface area contributed by atoms with Crippen molar-refractivity contribution in [2.24, 2.45) is 0 Å². The van der Waals surface area contributed by atoms with Gasteiger partial charge in [0.25, 0.3) is 0 Å². The Balaban J connectivity index is 1.60. The molecule has 0 aromatic heterocycles. The van der Waals surface area contributed by atoms with Gasteiger partial charge in [0.2, 0.25) is 5.91 Å². The zero-order chi connectivity index (χ0) is 17.6. The van der Waals surface area contributed by atoms with Crippen LogP contribution in [0, 0.1) is 0 Å². The lowest BCUT2D eigenvalue weighted by molar-refractivity contribution is -0.126. The predicted octanol–water partition coefficient (Wildman–Crippen LogP) is 3.54. The van der Waals surface area contributed by atoms with E-state index in [4.69, 9.17) is 4.74 Å². The Bertz CT molecular complexity index is 685. The average molecular weight is 338 g/mol. The molecule has 0 bridgehead atoms. The second-order valence-corrected chi connectivity index (χ2v) is 6.62. The van der Waals surface area contributed by atoms with Crippen molar-refractivity contribution in [1.82, 2.24) is 10.2 Å². The predicted molar refractivity (Wildman–Crippen MR) is 99.4 cm³/mol. The van der Waals surface area contributed by atoms with Crippen LogP contribution >= 0.6 is 0 Å². The molecule has 4 nitrogen and oxygen atoms in total. The summed E-state index contributed by atoms with van der Waals surface area (Å²) in [5.74, 6) is 0.948. The highest BCUT2D eigenvalue weighted by Gasteiger charge is 2.31. The van der Waals surface area contributed by atoms with Crippen molar-refractivity contribution in [1.29, 1.82) is 0 Å². The first-order valence-corrected chi connectivity index (χ1v) is 8.89. The van der Waals surface area contributed by atoms with Crippen LogP contribution in [-0.4, -0.2) is 30.5 Å². The van der Waals surface area contributed by atoms with E-state index >= 15 is 0 Å². The third-order valence-corrected chi connectivity index (χ3v) is 4.87. The number of carbonyl (C=O) groups is 1. The molecular weight excluding hydrogens is 312 g/mol. The third-order valence-electron chi connectivity index (χ3n) is 4.87. The van der Waals surface area contributed by atoms with Crippen LogP contribution in [0.5, 0.6) is 5.75 Å². The molecule has 1 fully saturated rings. The number of rotatable bonds is 6. The van der Waals surface area contributed by atoms with Crippen LogP contribution < -0.4 is 10.1 Å². The van der Waals surface area contributed by atoms with E-state index in [-0.39, 0.29) is 18.0 Å². The summed E-state index contributed by atoms with van der Waals surface area (Å²) < 4.78 is 5.19. The van der Waals surface area contributed by atoms with Crippen molar-refractivity contribution in [2.45, 2.75) is 38.4 Å². The van der Waals surface area contributed by atoms with Crippen molar-refractivity contribution in [2.75, 3.05) is 13.7 Å². The van der Waals surface area contributed by atoms with Gasteiger partial charge in [0.15, 0.2) is 0 Å². The highest BCUT2D eigenvalue weighted by molar-refractivity contribution is 5.82. The maximum atomic E-state index is 12.8. The lowest BCUT2D eigenvalue weighted by Gasteiger charge is -2.25. The van der Waals surface area contributed by atoms with E-state index < -0.39 is 0 Å². The molecule has 1 heterocycles. The first-order valence-electron chi connectivity index (χ1n) is 8.89. The van der Waals surface area contributed by atoms with E-state index in [1.807, 2.05) is 49.4 Å². The van der Waals surface area contributed by atoms with Gasteiger partial charge in [-0.15, -0.1) is 0 Å². The fourth-order valence-corrected chi connectivity index (χ4v) is 3.42. The molecule has 0 unspecified atom stereocenters. The van der Waals surface area contributed by atoms with E-state index in [1.165, 1.54) is 5.56 Å². The topological polar surface area (TPSA) is 41.6 Å². The first-order chi connectivity index (χ1) is 12.2. The van der Waals surface area contributed by atoms with E-state index in [2.05, 4.69) is 22.3 Å². The molecule has 4 heteroatoms. The van der Waals surface area contributed by atoms with Gasteiger partial charge >= 0.3 is 0 Å². The van der Waals surface area contributed by atoms with Crippen molar-refractivity contribution >= 4 is 5.91 Å². The third kappa shape index (κ3) is 4.40. The largest absolute Gasteiger partial charge is 0.497 e. The summed E-state index contributed by atoms with van der Waals surface area (Å²) in [4.78, 5) is 15.1. The molecule has 2 aromatic carbocycles. The van der Waals surface area contributed by atoms with Crippen LogP contribution in [0.15, 0.2) is 54.6 Å². The summed E-state index contributed by atoms with van der Waals surface area (Å²) in [5.41, 5.74) is 2.34. The molecule has 0 spiro atoms. The number of ether oxygens (including phenoxy) is 1. The van der Waals surface area contributed by atoms with Gasteiger partial charge in [0.05, 0.1) is 19.2 Å². The number of benzene rings is 2. The minimum atomic E-state index is -0.0408. The van der Waals surface area contributed by atoms with Gasteiger partial charge in [-0.2, -0.15) is 0 Å². The van der Waals surface area contributed by atoms with Gasteiger partial charge in [-0.25, -0.2) is 0 Å². The van der Waals surface area contributed by atoms with Gasteiger partial charge in [0, 0.05) is 6.54 Å². The Kier molecular flexibility index (Phi) is 5.71. The molecule has 0 aliphatic carbocycles. The van der Waals surface area contributed by atoms with Gasteiger partial charge in [0.1, 0.15) is 5.75 Å². The maximum Gasteiger partial charge on any atom is 0.237 e. The molecule has 132 valence electrons. The summed E-state index contributed by atoms with van der Waals surface area (Å²) in [7, 11) is 1.65. The van der Waals surface area contributed by atoms with Crippen molar-refractivity contribution in [3.05, 3.63) is 65.7 Å². The second kappa shape index (κ2) is 8.17. The number of nitrogens with one attached hydrogen (secondary N) is 1. The Morgan fingerprint density at radius 1 is 1.20 bits per heavy atom. The summed E-state index contributed by atoms with van der Waals surface area (Å²) in [6.07, 6.45) is 2.00. The molecule has 1 aliphatic heterocycles. The van der Waals surface area contributed by atoms with Gasteiger partial charge in [-0.05, 0) is 49.6 Å². The molecule has 1 amide bonds. The zero-order valence-corrected chi connectivity index (χ0v) is 14.9. The molecule has 1 saturated heterocycles. The minimum Gasteiger partial charge on any atom is -0.497 e. The van der Waals surface area contributed by atoms with E-state index in [1.54, 1.807) is 7.11 Å². The molecule has 1 aliphatic rings. The highest BCUT2D eigenvalue weighted by Crippen LogP contribution is 2.22. The fourth-order valence-electron chi connectivity index (χ4n) is 3.42. The van der Waals surface area contributed by atoms with Crippen molar-refractivity contribution < 1.29 is 9.53 Å². The molecule has 3 rings (SSSR count). The highest BCUT2D eigenvalue weighted by atomic mass is 16.5. The molecular formula is C21H26N2O2. The Morgan fingerprint density at radius 2 is 1.92 bits per heavy atom. The lowest BCUT2D eigenvalue weighted by atomic mass is 10.1. The molecule has 1 N–H and O–H groups in total. The van der Waals surface area contributed by atoms with Gasteiger partial charge < -0.3 is 10.1 Å². The van der Waals surface area contributed by atoms with E-state index in [0.29, 0.717) is 0 Å². The normalized spacial score (nSPS) is 18.7. The summed E-state index contributed by atoms with van der Waals surface area (Å²) in [6.45, 7) is 3.83. The molecule has 25 heavy (non-hydrogen) atoms. The smallest absolute Gasteiger partial charge is 0.237 e. The summed E-state index contributed by atoms with van der Waals surface area (Å²) in [5, 5.41) is 3.17. The SMILES string of the molecule is COc1ccc([C@H](C)NC(=O)[C@H]2CCCN2Cc2ccccc2)cc1. The Hall–Kier alpha value is -2.33. The van der Waals surface area contributed by atoms with E-state index in [0.717, 1.165) is 37.2 Å². The zero-order valence-electron chi connectivity index (χ0n) is 14.9. The van der Waals surface area contributed by atoms with Crippen molar-refractivity contribution in [3.8, 4) is 5.75 Å². The van der Waals surface area contributed by atoms with Crippen LogP contribution in [0.3, 0.4) is 0 Å². The number of hydrogen-bond acceptors (Lipinski definition) is 3. The van der Waals surface area contributed by atoms with Gasteiger partial charge in [-0.1, -0.05) is 42.5 Å². The monoisotopic (exact) mass is 338 g/mol. The Labute approximate surface area is 149 Å². The van der Waals surface area contributed by atoms with Crippen LogP contribution in [0.25, 0.3) is 0 Å².